The highest BCUT2D eigenvalue weighted by atomic mass is 15.2. The molecule has 17 heavy (non-hydrogen) atoms. The van der Waals surface area contributed by atoms with Gasteiger partial charge in [0.1, 0.15) is 0 Å². The van der Waals surface area contributed by atoms with Crippen molar-refractivity contribution in [2.24, 2.45) is 12.0 Å². The third-order valence-electron chi connectivity index (χ3n) is 3.14. The number of aryl methyl sites for hydroxylation is 1. The molecular weight excluding hydrogens is 214 g/mol. The van der Waals surface area contributed by atoms with Crippen molar-refractivity contribution in [3.8, 4) is 0 Å². The molecule has 1 aliphatic rings. The van der Waals surface area contributed by atoms with Crippen LogP contribution in [0, 0.1) is 0 Å². The van der Waals surface area contributed by atoms with Gasteiger partial charge in [-0.2, -0.15) is 5.10 Å². The number of aliphatic imine (C=N–C) groups is 1. The highest BCUT2D eigenvalue weighted by Crippen LogP contribution is 2.17. The minimum absolute atomic E-state index is 0.593. The molecule has 1 heterocycles. The summed E-state index contributed by atoms with van der Waals surface area (Å²) in [4.78, 5) is 4.24. The molecule has 1 fully saturated rings. The zero-order chi connectivity index (χ0) is 12.1. The van der Waals surface area contributed by atoms with Gasteiger partial charge in [-0.25, -0.2) is 0 Å². The summed E-state index contributed by atoms with van der Waals surface area (Å²) in [6, 6.07) is 0.593. The van der Waals surface area contributed by atoms with Crippen molar-refractivity contribution in [2.45, 2.75) is 38.3 Å². The Hall–Kier alpha value is -1.52. The number of hydrogen-bond acceptors (Lipinski definition) is 2. The summed E-state index contributed by atoms with van der Waals surface area (Å²) in [5, 5.41) is 10.9. The van der Waals surface area contributed by atoms with Crippen LogP contribution in [0.5, 0.6) is 0 Å². The van der Waals surface area contributed by atoms with Crippen LogP contribution in [0.25, 0.3) is 0 Å². The van der Waals surface area contributed by atoms with Crippen LogP contribution >= 0.6 is 0 Å². The third-order valence-corrected chi connectivity index (χ3v) is 3.14. The minimum Gasteiger partial charge on any atom is -0.354 e. The lowest BCUT2D eigenvalue weighted by atomic mass is 10.2. The van der Waals surface area contributed by atoms with Gasteiger partial charge in [0, 0.05) is 38.4 Å². The Morgan fingerprint density at radius 1 is 1.53 bits per heavy atom. The average molecular weight is 235 g/mol. The fraction of sp³-hybridized carbons (Fsp3) is 0.667. The largest absolute Gasteiger partial charge is 0.354 e. The molecule has 0 aliphatic heterocycles. The number of nitrogens with zero attached hydrogens (tertiary/aromatic N) is 3. The summed E-state index contributed by atoms with van der Waals surface area (Å²) >= 11 is 0. The summed E-state index contributed by atoms with van der Waals surface area (Å²) in [6.07, 6.45) is 9.06. The predicted molar refractivity (Wildman–Crippen MR) is 68.8 cm³/mol. The maximum absolute atomic E-state index is 4.24. The van der Waals surface area contributed by atoms with E-state index in [0.717, 1.165) is 12.5 Å². The molecular formula is C12H21N5. The molecule has 1 saturated carbocycles. The second kappa shape index (κ2) is 5.70. The Labute approximate surface area is 102 Å². The van der Waals surface area contributed by atoms with Gasteiger partial charge in [0.05, 0.1) is 6.20 Å². The zero-order valence-corrected chi connectivity index (χ0v) is 10.6. The molecule has 0 aromatic carbocycles. The number of hydrogen-bond donors (Lipinski definition) is 2. The molecule has 1 aromatic rings. The molecule has 1 aromatic heterocycles. The number of rotatable bonds is 3. The number of aromatic nitrogens is 2. The van der Waals surface area contributed by atoms with E-state index in [1.165, 1.54) is 31.2 Å². The first-order chi connectivity index (χ1) is 8.28. The Morgan fingerprint density at radius 3 is 2.88 bits per heavy atom. The monoisotopic (exact) mass is 235 g/mol. The first-order valence-electron chi connectivity index (χ1n) is 6.22. The predicted octanol–water partition coefficient (Wildman–Crippen LogP) is 1.03. The molecule has 5 nitrogen and oxygen atoms in total. The highest BCUT2D eigenvalue weighted by molar-refractivity contribution is 5.79. The summed E-state index contributed by atoms with van der Waals surface area (Å²) in [7, 11) is 3.74. The third kappa shape index (κ3) is 3.47. The molecule has 0 bridgehead atoms. The lowest BCUT2D eigenvalue weighted by Crippen LogP contribution is -2.41. The van der Waals surface area contributed by atoms with Gasteiger partial charge in [-0.1, -0.05) is 12.8 Å². The lowest BCUT2D eigenvalue weighted by Gasteiger charge is -2.16. The summed E-state index contributed by atoms with van der Waals surface area (Å²) < 4.78 is 1.81. The van der Waals surface area contributed by atoms with Gasteiger partial charge >= 0.3 is 0 Å². The van der Waals surface area contributed by atoms with E-state index in [0.29, 0.717) is 6.04 Å². The number of nitrogens with one attached hydrogen (secondary N) is 2. The maximum Gasteiger partial charge on any atom is 0.191 e. The van der Waals surface area contributed by atoms with E-state index >= 15 is 0 Å². The van der Waals surface area contributed by atoms with Crippen LogP contribution in [0.4, 0.5) is 0 Å². The van der Waals surface area contributed by atoms with Crippen LogP contribution in [0.3, 0.4) is 0 Å². The molecule has 94 valence electrons. The van der Waals surface area contributed by atoms with Crippen LogP contribution in [0.1, 0.15) is 31.2 Å². The highest BCUT2D eigenvalue weighted by Gasteiger charge is 2.15. The SMILES string of the molecule is CN=C(NCc1cnn(C)c1)NC1CCCC1. The quantitative estimate of drug-likeness (QED) is 0.607. The lowest BCUT2D eigenvalue weighted by molar-refractivity contribution is 0.613. The fourth-order valence-electron chi connectivity index (χ4n) is 2.21. The van der Waals surface area contributed by atoms with Crippen LogP contribution < -0.4 is 10.6 Å². The maximum atomic E-state index is 4.24. The molecule has 1 aliphatic carbocycles. The van der Waals surface area contributed by atoms with Crippen molar-refractivity contribution >= 4 is 5.96 Å². The van der Waals surface area contributed by atoms with Crippen molar-refractivity contribution < 1.29 is 0 Å². The zero-order valence-electron chi connectivity index (χ0n) is 10.6. The van der Waals surface area contributed by atoms with Crippen molar-refractivity contribution in [2.75, 3.05) is 7.05 Å². The van der Waals surface area contributed by atoms with Crippen molar-refractivity contribution in [3.63, 3.8) is 0 Å². The van der Waals surface area contributed by atoms with E-state index in [4.69, 9.17) is 0 Å². The van der Waals surface area contributed by atoms with Crippen LogP contribution in [0.15, 0.2) is 17.4 Å². The molecule has 0 atom stereocenters. The molecule has 0 spiro atoms. The molecule has 0 amide bonds. The minimum atomic E-state index is 0.593. The summed E-state index contributed by atoms with van der Waals surface area (Å²) in [6.45, 7) is 0.764. The average Bonchev–Trinajstić information content (AvgIpc) is 2.96. The van der Waals surface area contributed by atoms with Crippen LogP contribution in [0.2, 0.25) is 0 Å². The smallest absolute Gasteiger partial charge is 0.191 e. The standard InChI is InChI=1S/C12H21N5/c1-13-12(16-11-5-3-4-6-11)14-7-10-8-15-17(2)9-10/h8-9,11H,3-7H2,1-2H3,(H2,13,14,16). The second-order valence-corrected chi connectivity index (χ2v) is 4.57. The van der Waals surface area contributed by atoms with Crippen molar-refractivity contribution in [1.29, 1.82) is 0 Å². The van der Waals surface area contributed by atoms with Crippen LogP contribution in [-0.2, 0) is 13.6 Å². The van der Waals surface area contributed by atoms with E-state index in [-0.39, 0.29) is 0 Å². The molecule has 2 rings (SSSR count). The summed E-state index contributed by atoms with van der Waals surface area (Å²) in [5.41, 5.74) is 1.17. The Kier molecular flexibility index (Phi) is 4.01. The Morgan fingerprint density at radius 2 is 2.29 bits per heavy atom. The number of guanidine groups is 1. The first-order valence-corrected chi connectivity index (χ1v) is 6.22. The van der Waals surface area contributed by atoms with E-state index in [1.807, 2.05) is 31.2 Å². The molecule has 2 N–H and O–H groups in total. The normalized spacial score (nSPS) is 17.4. The fourth-order valence-corrected chi connectivity index (χ4v) is 2.21. The van der Waals surface area contributed by atoms with Crippen molar-refractivity contribution in [3.05, 3.63) is 18.0 Å². The van der Waals surface area contributed by atoms with E-state index in [1.54, 1.807) is 0 Å². The molecule has 5 heteroatoms. The summed E-state index contributed by atoms with van der Waals surface area (Å²) in [5.74, 6) is 0.890. The van der Waals surface area contributed by atoms with Gasteiger partial charge in [0.15, 0.2) is 5.96 Å². The Bertz CT molecular complexity index is 376. The van der Waals surface area contributed by atoms with E-state index in [9.17, 15) is 0 Å². The van der Waals surface area contributed by atoms with E-state index in [2.05, 4.69) is 20.7 Å². The van der Waals surface area contributed by atoms with Gasteiger partial charge < -0.3 is 10.6 Å². The Balaban J connectivity index is 1.79. The van der Waals surface area contributed by atoms with Crippen molar-refractivity contribution in [1.82, 2.24) is 20.4 Å². The molecule has 0 unspecified atom stereocenters. The van der Waals surface area contributed by atoms with Gasteiger partial charge in [-0.05, 0) is 12.8 Å². The second-order valence-electron chi connectivity index (χ2n) is 4.57. The molecule has 0 radical (unpaired) electrons. The van der Waals surface area contributed by atoms with Crippen LogP contribution in [-0.4, -0.2) is 28.8 Å². The van der Waals surface area contributed by atoms with Gasteiger partial charge in [0.25, 0.3) is 0 Å². The van der Waals surface area contributed by atoms with Gasteiger partial charge in [0.2, 0.25) is 0 Å². The van der Waals surface area contributed by atoms with E-state index < -0.39 is 0 Å². The van der Waals surface area contributed by atoms with Gasteiger partial charge in [-0.15, -0.1) is 0 Å². The topological polar surface area (TPSA) is 54.2 Å². The first kappa shape index (κ1) is 12.0. The van der Waals surface area contributed by atoms with Gasteiger partial charge in [-0.3, -0.25) is 9.67 Å². The molecule has 0 saturated heterocycles.